The van der Waals surface area contributed by atoms with Crippen molar-refractivity contribution in [1.82, 2.24) is 24.4 Å². The number of benzene rings is 1. The van der Waals surface area contributed by atoms with Crippen molar-refractivity contribution in [3.63, 3.8) is 0 Å². The number of nitrogens with one attached hydrogen (secondary N) is 1. The zero-order chi connectivity index (χ0) is 19.7. The summed E-state index contributed by atoms with van der Waals surface area (Å²) >= 11 is 8.42. The Morgan fingerprint density at radius 1 is 1.25 bits per heavy atom. The average molecular weight is 527 g/mol. The number of hydrogen-bond donors (Lipinski definition) is 1. The van der Waals surface area contributed by atoms with Gasteiger partial charge in [-0.25, -0.2) is 14.4 Å². The maximum Gasteiger partial charge on any atom is 0.224 e. The first-order valence-electron chi connectivity index (χ1n) is 8.63. The largest absolute Gasteiger partial charge is 0.340 e. The first kappa shape index (κ1) is 19.5. The normalized spacial score (nSPS) is 13.8. The van der Waals surface area contributed by atoms with Crippen LogP contribution in [-0.2, 0) is 17.8 Å². The van der Waals surface area contributed by atoms with Gasteiger partial charge in [-0.1, -0.05) is 12.1 Å². The molecule has 1 amide bonds. The molecule has 0 radical (unpaired) electrons. The van der Waals surface area contributed by atoms with Crippen LogP contribution in [0.25, 0.3) is 11.1 Å². The molecular formula is C18H17ClIN6OP. The highest BCUT2D eigenvalue weighted by molar-refractivity contribution is 14.2. The smallest absolute Gasteiger partial charge is 0.224 e. The molecule has 1 aliphatic rings. The molecule has 1 atom stereocenters. The Balaban J connectivity index is 1.59. The maximum atomic E-state index is 11.8. The number of halogens is 2. The molecule has 3 heterocycles. The van der Waals surface area contributed by atoms with Crippen molar-refractivity contribution < 1.29 is 4.79 Å². The summed E-state index contributed by atoms with van der Waals surface area (Å²) in [5.74, 6) is 0.691. The van der Waals surface area contributed by atoms with Crippen molar-refractivity contribution in [2.75, 3.05) is 11.9 Å². The van der Waals surface area contributed by atoms with Crippen LogP contribution >= 0.6 is 40.0 Å². The summed E-state index contributed by atoms with van der Waals surface area (Å²) in [5, 5.41) is 7.87. The summed E-state index contributed by atoms with van der Waals surface area (Å²) in [4.78, 5) is 22.3. The van der Waals surface area contributed by atoms with E-state index in [1.54, 1.807) is 11.8 Å². The van der Waals surface area contributed by atoms with Gasteiger partial charge in [0.15, 0.2) is 0 Å². The van der Waals surface area contributed by atoms with Gasteiger partial charge in [0.05, 0.1) is 24.8 Å². The minimum Gasteiger partial charge on any atom is -0.340 e. The second-order valence-corrected chi connectivity index (χ2v) is 8.83. The second-order valence-electron chi connectivity index (χ2n) is 6.42. The highest BCUT2D eigenvalue weighted by Crippen LogP contribution is 2.30. The lowest BCUT2D eigenvalue weighted by Gasteiger charge is -2.28. The number of nitrogens with zero attached hydrogens (tertiary/aromatic N) is 5. The van der Waals surface area contributed by atoms with Crippen LogP contribution in [0.2, 0.25) is 5.28 Å². The van der Waals surface area contributed by atoms with E-state index in [-0.39, 0.29) is 11.2 Å². The lowest BCUT2D eigenvalue weighted by atomic mass is 10.1. The quantitative estimate of drug-likeness (QED) is 0.309. The lowest BCUT2D eigenvalue weighted by Crippen LogP contribution is -2.35. The molecule has 1 N–H and O–H groups in total. The summed E-state index contributed by atoms with van der Waals surface area (Å²) < 4.78 is 1.91. The summed E-state index contributed by atoms with van der Waals surface area (Å²) in [6, 6.07) is 8.06. The first-order chi connectivity index (χ1) is 13.5. The van der Waals surface area contributed by atoms with E-state index in [9.17, 15) is 4.79 Å². The number of fused-ring (bicyclic) bond motifs is 1. The van der Waals surface area contributed by atoms with Gasteiger partial charge in [-0.3, -0.25) is 4.79 Å². The number of rotatable bonds is 4. The van der Waals surface area contributed by atoms with E-state index in [0.717, 1.165) is 28.1 Å². The third-order valence-corrected chi connectivity index (χ3v) is 6.70. The molecule has 0 saturated heterocycles. The third-order valence-electron chi connectivity index (χ3n) is 4.63. The number of amides is 1. The number of anilines is 2. The van der Waals surface area contributed by atoms with Crippen LogP contribution < -0.4 is 5.32 Å². The standard InChI is InChI=1S/C18H17ClIN6OP/c1-11(27)25-7-6-16-15(10-25)17(24-18(19)23-16)22-14-4-2-12(3-5-14)13-8-21-26(9-13)28-20/h2-5,8-9,28H,6-7,10H2,1H3,(H,22,23,24). The van der Waals surface area contributed by atoms with Crippen LogP contribution in [0, 0.1) is 0 Å². The lowest BCUT2D eigenvalue weighted by molar-refractivity contribution is -0.129. The van der Waals surface area contributed by atoms with Gasteiger partial charge in [-0.05, 0) is 51.3 Å². The number of carbonyl (C=O) groups excluding carboxylic acids is 1. The van der Waals surface area contributed by atoms with Gasteiger partial charge in [0.1, 0.15) is 5.82 Å². The van der Waals surface area contributed by atoms with E-state index in [1.165, 1.54) is 0 Å². The Morgan fingerprint density at radius 3 is 2.71 bits per heavy atom. The molecule has 0 aliphatic carbocycles. The van der Waals surface area contributed by atoms with E-state index in [4.69, 9.17) is 11.6 Å². The Hall–Kier alpha value is -1.77. The van der Waals surface area contributed by atoms with Gasteiger partial charge < -0.3 is 10.2 Å². The van der Waals surface area contributed by atoms with Gasteiger partial charge in [0, 0.05) is 42.9 Å². The van der Waals surface area contributed by atoms with Crippen LogP contribution in [0.15, 0.2) is 36.7 Å². The molecule has 7 nitrogen and oxygen atoms in total. The minimum absolute atomic E-state index is 0.0450. The predicted octanol–water partition coefficient (Wildman–Crippen LogP) is 4.43. The van der Waals surface area contributed by atoms with Crippen molar-refractivity contribution in [3.8, 4) is 11.1 Å². The first-order valence-corrected chi connectivity index (χ1v) is 13.1. The molecule has 0 fully saturated rings. The fourth-order valence-corrected chi connectivity index (χ4v) is 4.42. The van der Waals surface area contributed by atoms with E-state index in [1.807, 2.05) is 41.1 Å². The van der Waals surface area contributed by atoms with E-state index in [0.29, 0.717) is 31.7 Å². The highest BCUT2D eigenvalue weighted by Gasteiger charge is 2.23. The summed E-state index contributed by atoms with van der Waals surface area (Å²) in [7, 11) is 0. The fourth-order valence-electron chi connectivity index (χ4n) is 3.16. The summed E-state index contributed by atoms with van der Waals surface area (Å²) in [6.45, 7) is 2.71. The van der Waals surface area contributed by atoms with E-state index in [2.05, 4.69) is 42.4 Å². The Kier molecular flexibility index (Phi) is 5.80. The van der Waals surface area contributed by atoms with Gasteiger partial charge in [0.25, 0.3) is 0 Å². The molecule has 10 heteroatoms. The van der Waals surface area contributed by atoms with Crippen LogP contribution in [0.4, 0.5) is 11.5 Å². The van der Waals surface area contributed by atoms with Crippen LogP contribution in [0.3, 0.4) is 0 Å². The number of aromatic nitrogens is 4. The van der Waals surface area contributed by atoms with Gasteiger partial charge in [-0.2, -0.15) is 5.10 Å². The molecule has 1 aromatic carbocycles. The average Bonchev–Trinajstić information content (AvgIpc) is 3.17. The zero-order valence-corrected chi connectivity index (χ0v) is 18.9. The molecule has 0 bridgehead atoms. The fraction of sp³-hybridized carbons (Fsp3) is 0.222. The van der Waals surface area contributed by atoms with E-state index < -0.39 is 0 Å². The monoisotopic (exact) mass is 526 g/mol. The van der Waals surface area contributed by atoms with Crippen LogP contribution in [0.5, 0.6) is 0 Å². The second kappa shape index (κ2) is 8.31. The minimum atomic E-state index is 0.0450. The SMILES string of the molecule is CC(=O)N1CCc2nc(Cl)nc(Nc3ccc(-c4cnn(PI)c4)cc3)c2C1. The molecular weight excluding hydrogens is 510 g/mol. The van der Waals surface area contributed by atoms with Gasteiger partial charge in [0.2, 0.25) is 11.2 Å². The molecule has 1 aliphatic heterocycles. The molecule has 2 aromatic heterocycles. The van der Waals surface area contributed by atoms with E-state index >= 15 is 0 Å². The van der Waals surface area contributed by atoms with Crippen molar-refractivity contribution in [1.29, 1.82) is 0 Å². The molecule has 144 valence electrons. The summed E-state index contributed by atoms with van der Waals surface area (Å²) in [5.41, 5.74) is 4.87. The summed E-state index contributed by atoms with van der Waals surface area (Å²) in [6.07, 6.45) is 5.15. The maximum absolute atomic E-state index is 11.8. The van der Waals surface area contributed by atoms with Crippen molar-refractivity contribution in [2.24, 2.45) is 0 Å². The van der Waals surface area contributed by atoms with Crippen LogP contribution in [0.1, 0.15) is 18.2 Å². The number of hydrogen-bond acceptors (Lipinski definition) is 5. The molecule has 3 aromatic rings. The Morgan fingerprint density at radius 2 is 2.04 bits per heavy atom. The van der Waals surface area contributed by atoms with Gasteiger partial charge in [-0.15, -0.1) is 0 Å². The predicted molar refractivity (Wildman–Crippen MR) is 121 cm³/mol. The molecule has 0 saturated carbocycles. The third kappa shape index (κ3) is 4.14. The molecule has 28 heavy (non-hydrogen) atoms. The molecule has 4 rings (SSSR count). The van der Waals surface area contributed by atoms with Crippen LogP contribution in [-0.4, -0.2) is 36.9 Å². The van der Waals surface area contributed by atoms with Crippen molar-refractivity contribution in [2.45, 2.75) is 19.9 Å². The van der Waals surface area contributed by atoms with Crippen molar-refractivity contribution >= 4 is 57.4 Å². The Labute approximate surface area is 182 Å². The highest BCUT2D eigenvalue weighted by atomic mass is 127. The van der Waals surface area contributed by atoms with Crippen molar-refractivity contribution in [3.05, 3.63) is 53.2 Å². The topological polar surface area (TPSA) is 75.9 Å². The zero-order valence-electron chi connectivity index (χ0n) is 15.0. The van der Waals surface area contributed by atoms with Gasteiger partial charge >= 0.3 is 0 Å². The Bertz CT molecular complexity index is 1030. The number of carbonyl (C=O) groups is 1. The molecule has 1 unspecified atom stereocenters. The molecule has 0 spiro atoms.